The summed E-state index contributed by atoms with van der Waals surface area (Å²) in [6.07, 6.45) is 1.87. The number of rotatable bonds is 5. The summed E-state index contributed by atoms with van der Waals surface area (Å²) < 4.78 is 27.4. The molecule has 0 radical (unpaired) electrons. The van der Waals surface area contributed by atoms with Crippen molar-refractivity contribution < 1.29 is 13.2 Å². The summed E-state index contributed by atoms with van der Waals surface area (Å²) in [6, 6.07) is 4.99. The first-order valence-corrected chi connectivity index (χ1v) is 9.25. The Hall–Kier alpha value is -1.40. The van der Waals surface area contributed by atoms with Crippen LogP contribution in [-0.4, -0.2) is 26.4 Å². The zero-order valence-corrected chi connectivity index (χ0v) is 14.4. The van der Waals surface area contributed by atoms with Crippen LogP contribution >= 0.6 is 0 Å². The monoisotopic (exact) mass is 324 g/mol. The fourth-order valence-electron chi connectivity index (χ4n) is 2.74. The lowest BCUT2D eigenvalue weighted by Gasteiger charge is -2.22. The van der Waals surface area contributed by atoms with Gasteiger partial charge in [-0.25, -0.2) is 13.1 Å². The van der Waals surface area contributed by atoms with Crippen LogP contribution in [-0.2, 0) is 21.2 Å². The average molecular weight is 324 g/mol. The summed E-state index contributed by atoms with van der Waals surface area (Å²) in [6.45, 7) is 7.60. The molecule has 6 heteroatoms. The second-order valence-electron chi connectivity index (χ2n) is 5.89. The van der Waals surface area contributed by atoms with E-state index in [1.165, 1.54) is 0 Å². The van der Waals surface area contributed by atoms with E-state index in [4.69, 9.17) is 0 Å². The topological polar surface area (TPSA) is 66.5 Å². The van der Waals surface area contributed by atoms with Gasteiger partial charge in [0.05, 0.1) is 4.90 Å². The lowest BCUT2D eigenvalue weighted by atomic mass is 10.1. The van der Waals surface area contributed by atoms with Crippen LogP contribution in [0, 0.1) is 0 Å². The van der Waals surface area contributed by atoms with Gasteiger partial charge in [-0.15, -0.1) is 0 Å². The van der Waals surface area contributed by atoms with Crippen molar-refractivity contribution in [3.8, 4) is 0 Å². The molecule has 1 N–H and O–H groups in total. The molecule has 5 nitrogen and oxygen atoms in total. The van der Waals surface area contributed by atoms with Crippen LogP contribution in [0.3, 0.4) is 0 Å². The fourth-order valence-corrected chi connectivity index (χ4v) is 4.12. The zero-order valence-electron chi connectivity index (χ0n) is 13.6. The van der Waals surface area contributed by atoms with Gasteiger partial charge in [0.25, 0.3) is 0 Å². The number of amides is 1. The Morgan fingerprint density at radius 2 is 2.09 bits per heavy atom. The minimum absolute atomic E-state index is 0.0691. The van der Waals surface area contributed by atoms with Crippen LogP contribution in [0.15, 0.2) is 23.1 Å². The van der Waals surface area contributed by atoms with Gasteiger partial charge in [-0.3, -0.25) is 4.79 Å². The number of hydrogen-bond acceptors (Lipinski definition) is 3. The molecule has 1 heterocycles. The van der Waals surface area contributed by atoms with Crippen molar-refractivity contribution in [1.82, 2.24) is 4.72 Å². The van der Waals surface area contributed by atoms with Gasteiger partial charge in [-0.05, 0) is 50.5 Å². The van der Waals surface area contributed by atoms with Gasteiger partial charge >= 0.3 is 0 Å². The maximum absolute atomic E-state index is 12.4. The van der Waals surface area contributed by atoms with E-state index < -0.39 is 10.0 Å². The van der Waals surface area contributed by atoms with E-state index in [9.17, 15) is 13.2 Å². The van der Waals surface area contributed by atoms with Crippen LogP contribution in [0.1, 0.15) is 46.1 Å². The highest BCUT2D eigenvalue weighted by Gasteiger charge is 2.31. The van der Waals surface area contributed by atoms with Crippen LogP contribution in [0.4, 0.5) is 5.69 Å². The molecule has 1 aliphatic heterocycles. The second-order valence-corrected chi connectivity index (χ2v) is 7.61. The van der Waals surface area contributed by atoms with E-state index in [-0.39, 0.29) is 22.9 Å². The minimum atomic E-state index is -3.51. The highest BCUT2D eigenvalue weighted by Crippen LogP contribution is 2.34. The quantitative estimate of drug-likeness (QED) is 0.904. The van der Waals surface area contributed by atoms with Gasteiger partial charge in [0, 0.05) is 24.2 Å². The molecule has 0 aromatic heterocycles. The molecule has 0 bridgehead atoms. The molecular weight excluding hydrogens is 300 g/mol. The van der Waals surface area contributed by atoms with E-state index >= 15 is 0 Å². The molecule has 0 saturated carbocycles. The third kappa shape index (κ3) is 3.17. The van der Waals surface area contributed by atoms with E-state index in [0.717, 1.165) is 17.7 Å². The Kier molecular flexibility index (Phi) is 4.92. The molecule has 1 aliphatic rings. The van der Waals surface area contributed by atoms with E-state index in [2.05, 4.69) is 4.72 Å². The summed E-state index contributed by atoms with van der Waals surface area (Å²) in [7, 11) is -3.51. The van der Waals surface area contributed by atoms with Crippen LogP contribution < -0.4 is 9.62 Å². The first kappa shape index (κ1) is 17.0. The second kappa shape index (κ2) is 6.38. The highest BCUT2D eigenvalue weighted by atomic mass is 32.2. The van der Waals surface area contributed by atoms with Crippen molar-refractivity contribution >= 4 is 21.6 Å². The molecule has 1 aromatic rings. The van der Waals surface area contributed by atoms with Gasteiger partial charge in [0.2, 0.25) is 15.9 Å². The zero-order chi connectivity index (χ0) is 16.5. The third-order valence-electron chi connectivity index (χ3n) is 4.12. The van der Waals surface area contributed by atoms with Gasteiger partial charge in [0.15, 0.2) is 0 Å². The number of fused-ring (bicyclic) bond motifs is 1. The Balaban J connectivity index is 2.35. The number of benzene rings is 1. The Labute approximate surface area is 132 Å². The number of hydrogen-bond donors (Lipinski definition) is 1. The Morgan fingerprint density at radius 1 is 1.41 bits per heavy atom. The SMILES string of the molecule is CCC(=O)N1c2ccc(S(=O)(=O)NC(C)CC)cc2CC1C. The molecule has 0 fully saturated rings. The maximum Gasteiger partial charge on any atom is 0.240 e. The van der Waals surface area contributed by atoms with E-state index in [1.54, 1.807) is 23.1 Å². The fraction of sp³-hybridized carbons (Fsp3) is 0.562. The van der Waals surface area contributed by atoms with Gasteiger partial charge < -0.3 is 4.90 Å². The molecule has 1 amide bonds. The van der Waals surface area contributed by atoms with Crippen molar-refractivity contribution in [3.63, 3.8) is 0 Å². The molecule has 0 spiro atoms. The third-order valence-corrected chi connectivity index (χ3v) is 5.70. The number of anilines is 1. The summed E-state index contributed by atoms with van der Waals surface area (Å²) in [5.41, 5.74) is 1.75. The van der Waals surface area contributed by atoms with Gasteiger partial charge in [0.1, 0.15) is 0 Å². The molecule has 2 atom stereocenters. The first-order chi connectivity index (χ1) is 10.3. The number of nitrogens with one attached hydrogen (secondary N) is 1. The molecule has 2 rings (SSSR count). The van der Waals surface area contributed by atoms with Crippen molar-refractivity contribution in [2.45, 2.75) is 63.9 Å². The van der Waals surface area contributed by atoms with Gasteiger partial charge in [-0.2, -0.15) is 0 Å². The van der Waals surface area contributed by atoms with Crippen LogP contribution in [0.2, 0.25) is 0 Å². The summed E-state index contributed by atoms with van der Waals surface area (Å²) in [5.74, 6) is 0.0691. The number of carbonyl (C=O) groups excluding carboxylic acids is 1. The van der Waals surface area contributed by atoms with Crippen LogP contribution in [0.25, 0.3) is 0 Å². The number of sulfonamides is 1. The summed E-state index contributed by atoms with van der Waals surface area (Å²) in [5, 5.41) is 0. The van der Waals surface area contributed by atoms with Crippen molar-refractivity contribution in [2.24, 2.45) is 0 Å². The maximum atomic E-state index is 12.4. The molecule has 122 valence electrons. The molecule has 1 aromatic carbocycles. The van der Waals surface area contributed by atoms with Gasteiger partial charge in [-0.1, -0.05) is 13.8 Å². The summed E-state index contributed by atoms with van der Waals surface area (Å²) in [4.78, 5) is 14.1. The molecule has 0 saturated heterocycles. The average Bonchev–Trinajstić information content (AvgIpc) is 2.80. The standard InChI is InChI=1S/C16H24N2O3S/c1-5-11(3)17-22(20,21)14-7-8-15-13(10-14)9-12(4)18(15)16(19)6-2/h7-8,10-12,17H,5-6,9H2,1-4H3. The largest absolute Gasteiger partial charge is 0.309 e. The number of nitrogens with zero attached hydrogens (tertiary/aromatic N) is 1. The smallest absolute Gasteiger partial charge is 0.240 e. The Morgan fingerprint density at radius 3 is 2.68 bits per heavy atom. The van der Waals surface area contributed by atoms with E-state index in [1.807, 2.05) is 27.7 Å². The summed E-state index contributed by atoms with van der Waals surface area (Å²) >= 11 is 0. The lowest BCUT2D eigenvalue weighted by molar-refractivity contribution is -0.118. The predicted octanol–water partition coefficient (Wildman–Crippen LogP) is 2.45. The van der Waals surface area contributed by atoms with Crippen molar-refractivity contribution in [2.75, 3.05) is 4.90 Å². The molecule has 2 unspecified atom stereocenters. The molecular formula is C16H24N2O3S. The normalized spacial score (nSPS) is 19.1. The first-order valence-electron chi connectivity index (χ1n) is 7.77. The number of carbonyl (C=O) groups is 1. The predicted molar refractivity (Wildman–Crippen MR) is 87.5 cm³/mol. The lowest BCUT2D eigenvalue weighted by Crippen LogP contribution is -2.35. The molecule has 22 heavy (non-hydrogen) atoms. The van der Waals surface area contributed by atoms with E-state index in [0.29, 0.717) is 12.8 Å². The van der Waals surface area contributed by atoms with Crippen molar-refractivity contribution in [3.05, 3.63) is 23.8 Å². The molecule has 0 aliphatic carbocycles. The van der Waals surface area contributed by atoms with Crippen LogP contribution in [0.5, 0.6) is 0 Å². The van der Waals surface area contributed by atoms with Crippen molar-refractivity contribution in [1.29, 1.82) is 0 Å². The Bertz CT molecular complexity index is 670. The highest BCUT2D eigenvalue weighted by molar-refractivity contribution is 7.89. The minimum Gasteiger partial charge on any atom is -0.309 e.